The van der Waals surface area contributed by atoms with Crippen LogP contribution in [0.5, 0.6) is 0 Å². The van der Waals surface area contributed by atoms with E-state index in [-0.39, 0.29) is 29.2 Å². The zero-order chi connectivity index (χ0) is 16.0. The lowest BCUT2D eigenvalue weighted by Crippen LogP contribution is -2.27. The monoisotopic (exact) mass is 312 g/mol. The predicted molar refractivity (Wildman–Crippen MR) is 77.3 cm³/mol. The minimum Gasteiger partial charge on any atom is -0.380 e. The minimum absolute atomic E-state index is 0.0514. The molecule has 0 saturated carbocycles. The van der Waals surface area contributed by atoms with E-state index in [9.17, 15) is 18.5 Å². The van der Waals surface area contributed by atoms with Crippen LogP contribution in [0, 0.1) is 21.4 Å². The highest BCUT2D eigenvalue weighted by molar-refractivity contribution is 7.89. The van der Waals surface area contributed by atoms with Gasteiger partial charge in [0.25, 0.3) is 5.69 Å². The van der Waals surface area contributed by atoms with Crippen molar-refractivity contribution in [2.24, 2.45) is 0 Å². The largest absolute Gasteiger partial charge is 0.380 e. The number of anilines is 1. The van der Waals surface area contributed by atoms with Crippen molar-refractivity contribution in [3.8, 4) is 6.07 Å². The Kier molecular flexibility index (Phi) is 5.63. The summed E-state index contributed by atoms with van der Waals surface area (Å²) in [4.78, 5) is 10.3. The van der Waals surface area contributed by atoms with Crippen LogP contribution in [0.25, 0.3) is 0 Å². The molecule has 9 heteroatoms. The van der Waals surface area contributed by atoms with Crippen LogP contribution in [0.15, 0.2) is 23.1 Å². The van der Waals surface area contributed by atoms with Gasteiger partial charge < -0.3 is 5.32 Å². The first-order valence-electron chi connectivity index (χ1n) is 6.20. The second kappa shape index (κ2) is 7.01. The van der Waals surface area contributed by atoms with Crippen LogP contribution in [0.2, 0.25) is 0 Å². The lowest BCUT2D eigenvalue weighted by atomic mass is 10.2. The summed E-state index contributed by atoms with van der Waals surface area (Å²) in [5, 5.41) is 22.2. The molecule has 0 aliphatic carbocycles. The lowest BCUT2D eigenvalue weighted by Gasteiger charge is -2.16. The molecule has 21 heavy (non-hydrogen) atoms. The van der Waals surface area contributed by atoms with Crippen LogP contribution >= 0.6 is 0 Å². The standard InChI is InChI=1S/C12H16N4O4S/c1-3-14-11-9-10(5-6-12(11)16(17)18)21(19,20)15(2)8-4-7-13/h5-6,9,14H,3-4,8H2,1-2H3. The summed E-state index contributed by atoms with van der Waals surface area (Å²) in [6.45, 7) is 2.24. The van der Waals surface area contributed by atoms with Gasteiger partial charge in [0.05, 0.1) is 15.9 Å². The Morgan fingerprint density at radius 2 is 2.14 bits per heavy atom. The Morgan fingerprint density at radius 3 is 2.67 bits per heavy atom. The van der Waals surface area contributed by atoms with E-state index in [1.165, 1.54) is 19.2 Å². The number of nitriles is 1. The van der Waals surface area contributed by atoms with E-state index in [0.29, 0.717) is 6.54 Å². The highest BCUT2D eigenvalue weighted by Crippen LogP contribution is 2.28. The average Bonchev–Trinajstić information content (AvgIpc) is 2.44. The van der Waals surface area contributed by atoms with Gasteiger partial charge in [-0.25, -0.2) is 8.42 Å². The van der Waals surface area contributed by atoms with E-state index >= 15 is 0 Å². The molecule has 0 bridgehead atoms. The van der Waals surface area contributed by atoms with Crippen LogP contribution in [0.4, 0.5) is 11.4 Å². The van der Waals surface area contributed by atoms with Gasteiger partial charge in [-0.3, -0.25) is 10.1 Å². The predicted octanol–water partition coefficient (Wildman–Crippen LogP) is 1.56. The fourth-order valence-electron chi connectivity index (χ4n) is 1.67. The fraction of sp³-hybridized carbons (Fsp3) is 0.417. The molecular weight excluding hydrogens is 296 g/mol. The lowest BCUT2D eigenvalue weighted by molar-refractivity contribution is -0.384. The first-order valence-corrected chi connectivity index (χ1v) is 7.64. The number of hydrogen-bond acceptors (Lipinski definition) is 6. The van der Waals surface area contributed by atoms with Crippen LogP contribution < -0.4 is 5.32 Å². The maximum absolute atomic E-state index is 12.3. The van der Waals surface area contributed by atoms with Crippen molar-refractivity contribution >= 4 is 21.4 Å². The number of nitro groups is 1. The fourth-order valence-corrected chi connectivity index (χ4v) is 2.87. The summed E-state index contributed by atoms with van der Waals surface area (Å²) in [6, 6.07) is 5.45. The second-order valence-corrected chi connectivity index (χ2v) is 6.25. The Balaban J connectivity index is 3.22. The van der Waals surface area contributed by atoms with Gasteiger partial charge >= 0.3 is 0 Å². The summed E-state index contributed by atoms with van der Waals surface area (Å²) in [5.41, 5.74) is -0.0345. The van der Waals surface area contributed by atoms with Crippen molar-refractivity contribution in [2.75, 3.05) is 25.5 Å². The van der Waals surface area contributed by atoms with Crippen molar-refractivity contribution in [3.63, 3.8) is 0 Å². The van der Waals surface area contributed by atoms with Crippen molar-refractivity contribution < 1.29 is 13.3 Å². The summed E-state index contributed by atoms with van der Waals surface area (Å²) in [5.74, 6) is 0. The zero-order valence-corrected chi connectivity index (χ0v) is 12.6. The molecule has 114 valence electrons. The van der Waals surface area contributed by atoms with Gasteiger partial charge in [0.1, 0.15) is 5.69 Å². The van der Waals surface area contributed by atoms with Crippen LogP contribution in [0.1, 0.15) is 13.3 Å². The van der Waals surface area contributed by atoms with Crippen LogP contribution in [-0.2, 0) is 10.0 Å². The molecule has 0 unspecified atom stereocenters. The van der Waals surface area contributed by atoms with E-state index in [0.717, 1.165) is 10.4 Å². The zero-order valence-electron chi connectivity index (χ0n) is 11.7. The highest BCUT2D eigenvalue weighted by Gasteiger charge is 2.23. The van der Waals surface area contributed by atoms with E-state index in [2.05, 4.69) is 5.32 Å². The maximum atomic E-state index is 12.3. The number of nitro benzene ring substituents is 1. The Morgan fingerprint density at radius 1 is 1.48 bits per heavy atom. The molecule has 0 atom stereocenters. The molecular formula is C12H16N4O4S. The van der Waals surface area contributed by atoms with Gasteiger partial charge in [-0.1, -0.05) is 0 Å². The summed E-state index contributed by atoms with van der Waals surface area (Å²) in [7, 11) is -2.41. The smallest absolute Gasteiger partial charge is 0.292 e. The molecule has 0 fully saturated rings. The van der Waals surface area contributed by atoms with Crippen molar-refractivity contribution in [1.82, 2.24) is 4.31 Å². The molecule has 0 aromatic heterocycles. The molecule has 0 aliphatic rings. The summed E-state index contributed by atoms with van der Waals surface area (Å²) < 4.78 is 25.6. The topological polar surface area (TPSA) is 116 Å². The first kappa shape index (κ1) is 16.9. The Bertz CT molecular complexity index is 666. The SMILES string of the molecule is CCNc1cc(S(=O)(=O)N(C)CCC#N)ccc1[N+](=O)[O-]. The van der Waals surface area contributed by atoms with Crippen LogP contribution in [0.3, 0.4) is 0 Å². The molecule has 8 nitrogen and oxygen atoms in total. The third kappa shape index (κ3) is 3.90. The molecule has 0 radical (unpaired) electrons. The normalized spacial score (nSPS) is 11.1. The molecule has 0 amide bonds. The van der Waals surface area contributed by atoms with E-state index in [1.807, 2.05) is 6.07 Å². The van der Waals surface area contributed by atoms with Crippen molar-refractivity contribution in [1.29, 1.82) is 5.26 Å². The van der Waals surface area contributed by atoms with Gasteiger partial charge in [-0.15, -0.1) is 0 Å². The van der Waals surface area contributed by atoms with E-state index in [1.54, 1.807) is 6.92 Å². The molecule has 1 N–H and O–H groups in total. The minimum atomic E-state index is -3.77. The van der Waals surface area contributed by atoms with E-state index in [4.69, 9.17) is 5.26 Å². The maximum Gasteiger partial charge on any atom is 0.292 e. The van der Waals surface area contributed by atoms with Gasteiger partial charge in [0.2, 0.25) is 10.0 Å². The number of sulfonamides is 1. The number of nitrogens with zero attached hydrogens (tertiary/aromatic N) is 3. The summed E-state index contributed by atoms with van der Waals surface area (Å²) in [6.07, 6.45) is 0.0722. The van der Waals surface area contributed by atoms with Gasteiger partial charge in [-0.2, -0.15) is 9.57 Å². The van der Waals surface area contributed by atoms with Crippen molar-refractivity contribution in [3.05, 3.63) is 28.3 Å². The Hall–Kier alpha value is -2.18. The number of benzene rings is 1. The third-order valence-electron chi connectivity index (χ3n) is 2.78. The number of hydrogen-bond donors (Lipinski definition) is 1. The number of rotatable bonds is 7. The van der Waals surface area contributed by atoms with Gasteiger partial charge in [0.15, 0.2) is 0 Å². The molecule has 1 aromatic rings. The van der Waals surface area contributed by atoms with Crippen molar-refractivity contribution in [2.45, 2.75) is 18.2 Å². The molecule has 1 aromatic carbocycles. The van der Waals surface area contributed by atoms with Gasteiger partial charge in [0, 0.05) is 32.6 Å². The van der Waals surface area contributed by atoms with Crippen LogP contribution in [-0.4, -0.2) is 37.8 Å². The highest BCUT2D eigenvalue weighted by atomic mass is 32.2. The second-order valence-electron chi connectivity index (χ2n) is 4.20. The Labute approximate surface area is 123 Å². The average molecular weight is 312 g/mol. The molecule has 0 spiro atoms. The third-order valence-corrected chi connectivity index (χ3v) is 4.63. The number of nitrogens with one attached hydrogen (secondary N) is 1. The quantitative estimate of drug-likeness (QED) is 0.603. The summed E-state index contributed by atoms with van der Waals surface area (Å²) >= 11 is 0. The molecule has 1 rings (SSSR count). The molecule has 0 saturated heterocycles. The van der Waals surface area contributed by atoms with Gasteiger partial charge in [-0.05, 0) is 19.1 Å². The van der Waals surface area contributed by atoms with E-state index < -0.39 is 14.9 Å². The first-order chi connectivity index (χ1) is 9.84. The molecule has 0 aliphatic heterocycles. The molecule has 0 heterocycles.